The first-order valence-electron chi connectivity index (χ1n) is 6.37. The lowest BCUT2D eigenvalue weighted by molar-refractivity contribution is -0.114. The molecule has 1 rings (SSSR count). The molecule has 18 heavy (non-hydrogen) atoms. The summed E-state index contributed by atoms with van der Waals surface area (Å²) in [6, 6.07) is 0. The molecule has 2 nitrogen and oxygen atoms in total. The number of hydrogen-bond donors (Lipinski definition) is 1. The topological polar surface area (TPSA) is 37.3 Å². The Morgan fingerprint density at radius 2 is 1.39 bits per heavy atom. The zero-order valence-electron chi connectivity index (χ0n) is 12.3. The molecule has 0 aromatic rings. The second kappa shape index (κ2) is 4.85. The van der Waals surface area contributed by atoms with E-state index in [1.165, 1.54) is 0 Å². The molecule has 0 atom stereocenters. The van der Waals surface area contributed by atoms with Crippen molar-refractivity contribution in [3.8, 4) is 0 Å². The van der Waals surface area contributed by atoms with Gasteiger partial charge in [-0.2, -0.15) is 0 Å². The first kappa shape index (κ1) is 14.9. The number of aliphatic hydroxyl groups excluding tert-OH is 1. The van der Waals surface area contributed by atoms with Crippen LogP contribution in [0.1, 0.15) is 41.5 Å². The molecule has 0 amide bonds. The summed E-state index contributed by atoms with van der Waals surface area (Å²) in [6.45, 7) is 12.2. The summed E-state index contributed by atoms with van der Waals surface area (Å²) < 4.78 is 0. The molecule has 0 radical (unpaired) electrons. The van der Waals surface area contributed by atoms with Crippen molar-refractivity contribution in [2.45, 2.75) is 41.5 Å². The van der Waals surface area contributed by atoms with E-state index >= 15 is 0 Å². The fourth-order valence-corrected chi connectivity index (χ4v) is 1.99. The Morgan fingerprint density at radius 3 is 1.67 bits per heavy atom. The third-order valence-corrected chi connectivity index (χ3v) is 3.05. The van der Waals surface area contributed by atoms with Crippen LogP contribution in [0.5, 0.6) is 0 Å². The third-order valence-electron chi connectivity index (χ3n) is 3.05. The number of ketones is 1. The van der Waals surface area contributed by atoms with Crippen LogP contribution in [-0.2, 0) is 4.79 Å². The zero-order valence-corrected chi connectivity index (χ0v) is 12.3. The zero-order chi connectivity index (χ0) is 14.1. The van der Waals surface area contributed by atoms with Gasteiger partial charge in [0.2, 0.25) is 0 Å². The van der Waals surface area contributed by atoms with Gasteiger partial charge in [0, 0.05) is 11.1 Å². The average molecular weight is 248 g/mol. The number of aliphatic hydroxyl groups is 1. The highest BCUT2D eigenvalue weighted by atomic mass is 16.2. The van der Waals surface area contributed by atoms with E-state index in [9.17, 15) is 4.79 Å². The first-order chi connectivity index (χ1) is 8.07. The Hall–Kier alpha value is -1.15. The number of rotatable bonds is 1. The molecule has 0 unspecified atom stereocenters. The summed E-state index contributed by atoms with van der Waals surface area (Å²) in [5.74, 6) is 0.130. The first-order valence-corrected chi connectivity index (χ1v) is 6.37. The lowest BCUT2D eigenvalue weighted by Crippen LogP contribution is -2.27. The van der Waals surface area contributed by atoms with E-state index in [1.54, 1.807) is 6.08 Å². The van der Waals surface area contributed by atoms with Crippen molar-refractivity contribution in [1.29, 1.82) is 0 Å². The van der Waals surface area contributed by atoms with Crippen molar-refractivity contribution in [1.82, 2.24) is 0 Å². The summed E-state index contributed by atoms with van der Waals surface area (Å²) in [5.41, 5.74) is 2.18. The van der Waals surface area contributed by atoms with Gasteiger partial charge in [-0.3, -0.25) is 4.79 Å². The van der Waals surface area contributed by atoms with Crippen LogP contribution in [0.2, 0.25) is 0 Å². The SMILES string of the molecule is CC(C)(C)C1=CC(=CCO)C=C(C(C)(C)C)C1=O. The average Bonchev–Trinajstić information content (AvgIpc) is 2.17. The van der Waals surface area contributed by atoms with E-state index < -0.39 is 0 Å². The molecule has 0 fully saturated rings. The molecule has 1 N–H and O–H groups in total. The Morgan fingerprint density at radius 1 is 1.00 bits per heavy atom. The van der Waals surface area contributed by atoms with E-state index in [1.807, 2.05) is 53.7 Å². The Bertz CT molecular complexity index is 399. The van der Waals surface area contributed by atoms with Crippen molar-refractivity contribution >= 4 is 5.78 Å². The lowest BCUT2D eigenvalue weighted by atomic mass is 9.72. The highest BCUT2D eigenvalue weighted by molar-refractivity contribution is 6.11. The Labute approximate surface area is 110 Å². The predicted octanol–water partition coefficient (Wildman–Crippen LogP) is 3.43. The van der Waals surface area contributed by atoms with E-state index in [0.29, 0.717) is 0 Å². The monoisotopic (exact) mass is 248 g/mol. The maximum absolute atomic E-state index is 12.5. The number of hydrogen-bond acceptors (Lipinski definition) is 2. The normalized spacial score (nSPS) is 17.5. The van der Waals surface area contributed by atoms with Crippen molar-refractivity contribution < 1.29 is 9.90 Å². The van der Waals surface area contributed by atoms with Crippen molar-refractivity contribution in [2.75, 3.05) is 6.61 Å². The molecule has 2 heteroatoms. The van der Waals surface area contributed by atoms with Crippen LogP contribution >= 0.6 is 0 Å². The third kappa shape index (κ3) is 3.20. The molecule has 0 bridgehead atoms. The minimum atomic E-state index is -0.184. The molecule has 1 aliphatic rings. The molecule has 0 aromatic heterocycles. The number of Topliss-reactive ketones (excluding diaryl/α,β-unsaturated/α-hetero) is 1. The molecule has 100 valence electrons. The largest absolute Gasteiger partial charge is 0.392 e. The molecule has 1 aliphatic carbocycles. The van der Waals surface area contributed by atoms with Crippen LogP contribution in [0.15, 0.2) is 34.9 Å². The highest BCUT2D eigenvalue weighted by Crippen LogP contribution is 2.38. The van der Waals surface area contributed by atoms with Crippen molar-refractivity contribution in [3.63, 3.8) is 0 Å². The standard InChI is InChI=1S/C16H24O2/c1-15(2,3)12-9-11(7-8-17)10-13(14(12)18)16(4,5)6/h7,9-10,17H,8H2,1-6H3. The molecule has 0 heterocycles. The van der Waals surface area contributed by atoms with Gasteiger partial charge >= 0.3 is 0 Å². The number of carbonyl (C=O) groups is 1. The van der Waals surface area contributed by atoms with Gasteiger partial charge in [0.15, 0.2) is 5.78 Å². The fraction of sp³-hybridized carbons (Fsp3) is 0.562. The second-order valence-electron chi connectivity index (χ2n) is 6.83. The van der Waals surface area contributed by atoms with Crippen LogP contribution in [0.4, 0.5) is 0 Å². The molecule has 0 spiro atoms. The summed E-state index contributed by atoms with van der Waals surface area (Å²) in [4.78, 5) is 12.5. The molecule has 0 aliphatic heterocycles. The molecule has 0 saturated heterocycles. The van der Waals surface area contributed by atoms with Crippen molar-refractivity contribution in [2.24, 2.45) is 10.8 Å². The summed E-state index contributed by atoms with van der Waals surface area (Å²) in [6.07, 6.45) is 5.53. The maximum Gasteiger partial charge on any atom is 0.186 e. The van der Waals surface area contributed by atoms with Gasteiger partial charge in [-0.05, 0) is 28.6 Å². The van der Waals surface area contributed by atoms with E-state index in [4.69, 9.17) is 5.11 Å². The smallest absolute Gasteiger partial charge is 0.186 e. The fourth-order valence-electron chi connectivity index (χ4n) is 1.99. The highest BCUT2D eigenvalue weighted by Gasteiger charge is 2.33. The number of carbonyl (C=O) groups excluding carboxylic acids is 1. The van der Waals surface area contributed by atoms with Crippen LogP contribution in [0.3, 0.4) is 0 Å². The van der Waals surface area contributed by atoms with E-state index in [2.05, 4.69) is 0 Å². The van der Waals surface area contributed by atoms with Gasteiger partial charge < -0.3 is 5.11 Å². The maximum atomic E-state index is 12.5. The summed E-state index contributed by atoms with van der Waals surface area (Å²) >= 11 is 0. The second-order valence-corrected chi connectivity index (χ2v) is 6.83. The summed E-state index contributed by atoms with van der Waals surface area (Å²) in [5, 5.41) is 9.04. The molecule has 0 aromatic carbocycles. The van der Waals surface area contributed by atoms with Gasteiger partial charge in [-0.1, -0.05) is 47.6 Å². The van der Waals surface area contributed by atoms with E-state index in [0.717, 1.165) is 16.7 Å². The Balaban J connectivity index is 3.35. The van der Waals surface area contributed by atoms with Gasteiger partial charge in [-0.15, -0.1) is 0 Å². The molecule has 0 saturated carbocycles. The van der Waals surface area contributed by atoms with E-state index in [-0.39, 0.29) is 23.2 Å². The van der Waals surface area contributed by atoms with Crippen LogP contribution in [-0.4, -0.2) is 17.5 Å². The van der Waals surface area contributed by atoms with Crippen LogP contribution in [0.25, 0.3) is 0 Å². The quantitative estimate of drug-likeness (QED) is 0.772. The van der Waals surface area contributed by atoms with Gasteiger partial charge in [0.25, 0.3) is 0 Å². The summed E-state index contributed by atoms with van der Waals surface area (Å²) in [7, 11) is 0. The van der Waals surface area contributed by atoms with Crippen molar-refractivity contribution in [3.05, 3.63) is 34.9 Å². The van der Waals surface area contributed by atoms with Crippen LogP contribution in [0, 0.1) is 10.8 Å². The molecular weight excluding hydrogens is 224 g/mol. The number of allylic oxidation sites excluding steroid dienone is 5. The molecular formula is C16H24O2. The predicted molar refractivity (Wildman–Crippen MR) is 75.3 cm³/mol. The Kier molecular flexibility index (Phi) is 4.02. The van der Waals surface area contributed by atoms with Crippen LogP contribution < -0.4 is 0 Å². The minimum Gasteiger partial charge on any atom is -0.392 e. The van der Waals surface area contributed by atoms with Gasteiger partial charge in [0.1, 0.15) is 0 Å². The minimum absolute atomic E-state index is 0.00856. The van der Waals surface area contributed by atoms with Gasteiger partial charge in [-0.25, -0.2) is 0 Å². The van der Waals surface area contributed by atoms with Gasteiger partial charge in [0.05, 0.1) is 6.61 Å². The lowest BCUT2D eigenvalue weighted by Gasteiger charge is -2.31.